The van der Waals surface area contributed by atoms with Gasteiger partial charge in [-0.05, 0) is 37.0 Å². The minimum absolute atomic E-state index is 0.0215. The van der Waals surface area contributed by atoms with Crippen LogP contribution in [0.4, 0.5) is 0 Å². The molecule has 28 heavy (non-hydrogen) atoms. The van der Waals surface area contributed by atoms with E-state index in [1.807, 2.05) is 66.4 Å². The van der Waals surface area contributed by atoms with Gasteiger partial charge in [-0.2, -0.15) is 0 Å². The number of aryl methyl sites for hydroxylation is 1. The number of benzene rings is 2. The highest BCUT2D eigenvalue weighted by Gasteiger charge is 2.25. The molecule has 1 saturated heterocycles. The number of hydrogen-bond acceptors (Lipinski definition) is 3. The van der Waals surface area contributed by atoms with Gasteiger partial charge >= 0.3 is 0 Å². The van der Waals surface area contributed by atoms with Crippen LogP contribution >= 0.6 is 0 Å². The number of likely N-dealkylation sites (tertiary alicyclic amines) is 1. The van der Waals surface area contributed by atoms with Gasteiger partial charge in [0.1, 0.15) is 5.75 Å². The number of hydrogen-bond donors (Lipinski definition) is 1. The van der Waals surface area contributed by atoms with Gasteiger partial charge in [0.15, 0.2) is 0 Å². The number of rotatable bonds is 9. The van der Waals surface area contributed by atoms with Crippen LogP contribution in [0.2, 0.25) is 0 Å². The highest BCUT2D eigenvalue weighted by molar-refractivity contribution is 5.79. The number of ether oxygens (including phenoxy) is 1. The van der Waals surface area contributed by atoms with E-state index in [0.29, 0.717) is 32.4 Å². The summed E-state index contributed by atoms with van der Waals surface area (Å²) in [6, 6.07) is 17.5. The zero-order chi connectivity index (χ0) is 19.8. The second-order valence-corrected chi connectivity index (χ2v) is 7.01. The first-order chi connectivity index (χ1) is 13.7. The molecule has 1 fully saturated rings. The molecule has 0 aliphatic carbocycles. The van der Waals surface area contributed by atoms with E-state index in [-0.39, 0.29) is 17.9 Å². The summed E-state index contributed by atoms with van der Waals surface area (Å²) in [4.78, 5) is 26.6. The Balaban J connectivity index is 1.63. The molecule has 2 aromatic rings. The minimum atomic E-state index is -0.196. The SMILES string of the molecule is CCOc1ccccc1CCC(=O)NC(CN1CCCC1=O)c1ccccc1. The van der Waals surface area contributed by atoms with Gasteiger partial charge in [0.25, 0.3) is 0 Å². The van der Waals surface area contributed by atoms with Crippen molar-refractivity contribution in [1.29, 1.82) is 0 Å². The fraction of sp³-hybridized carbons (Fsp3) is 0.391. The second kappa shape index (κ2) is 9.93. The molecule has 0 saturated carbocycles. The van der Waals surface area contributed by atoms with Crippen molar-refractivity contribution < 1.29 is 14.3 Å². The van der Waals surface area contributed by atoms with E-state index in [0.717, 1.165) is 29.8 Å². The molecule has 3 rings (SSSR count). The molecular weight excluding hydrogens is 352 g/mol. The average Bonchev–Trinajstić information content (AvgIpc) is 3.12. The van der Waals surface area contributed by atoms with E-state index in [9.17, 15) is 9.59 Å². The maximum atomic E-state index is 12.7. The van der Waals surface area contributed by atoms with Crippen molar-refractivity contribution in [1.82, 2.24) is 10.2 Å². The highest BCUT2D eigenvalue weighted by atomic mass is 16.5. The van der Waals surface area contributed by atoms with Crippen molar-refractivity contribution in [3.05, 3.63) is 65.7 Å². The molecule has 2 amide bonds. The molecular formula is C23H28N2O3. The smallest absolute Gasteiger partial charge is 0.222 e. The summed E-state index contributed by atoms with van der Waals surface area (Å²) < 4.78 is 5.64. The zero-order valence-electron chi connectivity index (χ0n) is 16.4. The van der Waals surface area contributed by atoms with Crippen LogP contribution in [-0.4, -0.2) is 36.4 Å². The Morgan fingerprint density at radius 1 is 1.14 bits per heavy atom. The Kier molecular flexibility index (Phi) is 7.06. The summed E-state index contributed by atoms with van der Waals surface area (Å²) in [6.45, 7) is 3.83. The quantitative estimate of drug-likeness (QED) is 0.724. The third-order valence-corrected chi connectivity index (χ3v) is 5.01. The molecule has 1 N–H and O–H groups in total. The van der Waals surface area contributed by atoms with Crippen molar-refractivity contribution in [2.24, 2.45) is 0 Å². The summed E-state index contributed by atoms with van der Waals surface area (Å²) in [5, 5.41) is 3.13. The number of nitrogens with one attached hydrogen (secondary N) is 1. The Hall–Kier alpha value is -2.82. The van der Waals surface area contributed by atoms with Gasteiger partial charge in [-0.1, -0.05) is 48.5 Å². The standard InChI is InChI=1S/C23H28N2O3/c1-2-28-21-12-7-6-11-19(21)14-15-22(26)24-20(18-9-4-3-5-10-18)17-25-16-8-13-23(25)27/h3-7,9-12,20H,2,8,13-17H2,1H3,(H,24,26). The molecule has 148 valence electrons. The first-order valence-corrected chi connectivity index (χ1v) is 10.00. The lowest BCUT2D eigenvalue weighted by molar-refractivity contribution is -0.129. The van der Waals surface area contributed by atoms with Crippen LogP contribution < -0.4 is 10.1 Å². The molecule has 2 aromatic carbocycles. The third kappa shape index (κ3) is 5.35. The van der Waals surface area contributed by atoms with Crippen LogP contribution in [0.5, 0.6) is 5.75 Å². The maximum Gasteiger partial charge on any atom is 0.222 e. The van der Waals surface area contributed by atoms with Gasteiger partial charge in [-0.3, -0.25) is 9.59 Å². The Morgan fingerprint density at radius 3 is 2.61 bits per heavy atom. The lowest BCUT2D eigenvalue weighted by Gasteiger charge is -2.25. The van der Waals surface area contributed by atoms with E-state index in [1.54, 1.807) is 0 Å². The van der Waals surface area contributed by atoms with Crippen LogP contribution in [0.25, 0.3) is 0 Å². The van der Waals surface area contributed by atoms with Crippen molar-refractivity contribution in [2.45, 2.75) is 38.6 Å². The van der Waals surface area contributed by atoms with Crippen LogP contribution in [0, 0.1) is 0 Å². The van der Waals surface area contributed by atoms with Gasteiger partial charge in [0.05, 0.1) is 12.6 Å². The Labute approximate surface area is 166 Å². The van der Waals surface area contributed by atoms with E-state index in [1.165, 1.54) is 0 Å². The van der Waals surface area contributed by atoms with Crippen molar-refractivity contribution in [3.63, 3.8) is 0 Å². The summed E-state index contributed by atoms with van der Waals surface area (Å²) >= 11 is 0. The summed E-state index contributed by atoms with van der Waals surface area (Å²) in [6.07, 6.45) is 2.49. The molecule has 5 nitrogen and oxygen atoms in total. The third-order valence-electron chi connectivity index (χ3n) is 5.01. The molecule has 0 spiro atoms. The van der Waals surface area contributed by atoms with Gasteiger partial charge in [-0.25, -0.2) is 0 Å². The zero-order valence-corrected chi connectivity index (χ0v) is 16.4. The number of nitrogens with zero attached hydrogens (tertiary/aromatic N) is 1. The normalized spacial score (nSPS) is 14.8. The molecule has 1 aliphatic rings. The topological polar surface area (TPSA) is 58.6 Å². The lowest BCUT2D eigenvalue weighted by atomic mass is 10.0. The Bertz CT molecular complexity index is 791. The van der Waals surface area contributed by atoms with E-state index in [2.05, 4.69) is 5.32 Å². The first-order valence-electron chi connectivity index (χ1n) is 10.00. The summed E-state index contributed by atoms with van der Waals surface area (Å²) in [7, 11) is 0. The monoisotopic (exact) mass is 380 g/mol. The number of carbonyl (C=O) groups excluding carboxylic acids is 2. The molecule has 1 aliphatic heterocycles. The molecule has 0 radical (unpaired) electrons. The van der Waals surface area contributed by atoms with Crippen molar-refractivity contribution >= 4 is 11.8 Å². The second-order valence-electron chi connectivity index (χ2n) is 7.01. The van der Waals surface area contributed by atoms with Gasteiger partial charge in [-0.15, -0.1) is 0 Å². The maximum absolute atomic E-state index is 12.7. The van der Waals surface area contributed by atoms with Crippen molar-refractivity contribution in [2.75, 3.05) is 19.7 Å². The molecule has 1 heterocycles. The number of para-hydroxylation sites is 1. The highest BCUT2D eigenvalue weighted by Crippen LogP contribution is 2.21. The van der Waals surface area contributed by atoms with E-state index < -0.39 is 0 Å². The summed E-state index contributed by atoms with van der Waals surface area (Å²) in [5.41, 5.74) is 2.05. The number of carbonyl (C=O) groups is 2. The van der Waals surface area contributed by atoms with Gasteiger partial charge < -0.3 is 15.0 Å². The molecule has 0 aromatic heterocycles. The summed E-state index contributed by atoms with van der Waals surface area (Å²) in [5.74, 6) is 0.979. The predicted octanol–water partition coefficient (Wildman–Crippen LogP) is 3.50. The van der Waals surface area contributed by atoms with Crippen LogP contribution in [0.15, 0.2) is 54.6 Å². The first kappa shape index (κ1) is 19.9. The average molecular weight is 380 g/mol. The van der Waals surface area contributed by atoms with Crippen LogP contribution in [0.3, 0.4) is 0 Å². The van der Waals surface area contributed by atoms with Crippen LogP contribution in [-0.2, 0) is 16.0 Å². The van der Waals surface area contributed by atoms with Crippen molar-refractivity contribution in [3.8, 4) is 5.75 Å². The Morgan fingerprint density at radius 2 is 1.89 bits per heavy atom. The van der Waals surface area contributed by atoms with Gasteiger partial charge in [0.2, 0.25) is 11.8 Å². The molecule has 1 unspecified atom stereocenters. The number of amides is 2. The molecule has 0 bridgehead atoms. The van der Waals surface area contributed by atoms with E-state index in [4.69, 9.17) is 4.74 Å². The van der Waals surface area contributed by atoms with Crippen LogP contribution in [0.1, 0.15) is 43.4 Å². The van der Waals surface area contributed by atoms with Gasteiger partial charge in [0, 0.05) is 25.9 Å². The molecule has 5 heteroatoms. The lowest BCUT2D eigenvalue weighted by Crippen LogP contribution is -2.38. The largest absolute Gasteiger partial charge is 0.494 e. The fourth-order valence-corrected chi connectivity index (χ4v) is 3.56. The molecule has 1 atom stereocenters. The minimum Gasteiger partial charge on any atom is -0.494 e. The van der Waals surface area contributed by atoms with E-state index >= 15 is 0 Å². The predicted molar refractivity (Wildman–Crippen MR) is 109 cm³/mol. The fourth-order valence-electron chi connectivity index (χ4n) is 3.56.